The molecule has 4 fully saturated rings. The van der Waals surface area contributed by atoms with Crippen molar-refractivity contribution in [3.05, 3.63) is 30.3 Å². The van der Waals surface area contributed by atoms with Crippen LogP contribution in [0.2, 0.25) is 0 Å². The minimum atomic E-state index is -0.508. The van der Waals surface area contributed by atoms with Crippen LogP contribution in [0.25, 0.3) is 0 Å². The summed E-state index contributed by atoms with van der Waals surface area (Å²) >= 11 is 0. The molecular weight excluding hydrogens is 446 g/mol. The van der Waals surface area contributed by atoms with Crippen molar-refractivity contribution in [2.45, 2.75) is 90.6 Å². The molecule has 1 aromatic rings. The van der Waals surface area contributed by atoms with Gasteiger partial charge in [-0.05, 0) is 125 Å². The lowest BCUT2D eigenvalue weighted by molar-refractivity contribution is -0.164. The largest absolute Gasteiger partial charge is 0.390 e. The van der Waals surface area contributed by atoms with Gasteiger partial charge in [0.15, 0.2) is 5.78 Å². The van der Waals surface area contributed by atoms with Gasteiger partial charge in [-0.25, -0.2) is 0 Å². The fourth-order valence-corrected chi connectivity index (χ4v) is 9.79. The number of hydrogen-bond acceptors (Lipinski definition) is 4. The van der Waals surface area contributed by atoms with Gasteiger partial charge in [0.2, 0.25) is 0 Å². The Balaban J connectivity index is 1.34. The number of carbonyl (C=O) groups is 1. The number of carbonyl (C=O) groups excluding carboxylic acids is 1. The summed E-state index contributed by atoms with van der Waals surface area (Å²) in [6.45, 7) is 8.78. The molecule has 0 spiro atoms. The number of fused-ring (bicyclic) bond motifs is 5. The van der Waals surface area contributed by atoms with Crippen LogP contribution in [0.3, 0.4) is 0 Å². The molecule has 8 atom stereocenters. The Kier molecular flexibility index (Phi) is 7.33. The monoisotopic (exact) mass is 495 g/mol. The van der Waals surface area contributed by atoms with Gasteiger partial charge in [-0.3, -0.25) is 4.79 Å². The van der Waals surface area contributed by atoms with Crippen LogP contribution in [-0.4, -0.2) is 43.3 Å². The molecule has 0 amide bonds. The van der Waals surface area contributed by atoms with Crippen molar-refractivity contribution in [3.63, 3.8) is 0 Å². The summed E-state index contributed by atoms with van der Waals surface area (Å²) in [5, 5.41) is 11.0. The molecule has 0 aliphatic heterocycles. The summed E-state index contributed by atoms with van der Waals surface area (Å²) in [6, 6.07) is 10.3. The van der Waals surface area contributed by atoms with Crippen molar-refractivity contribution in [2.75, 3.05) is 31.7 Å². The van der Waals surface area contributed by atoms with Crippen molar-refractivity contribution >= 4 is 11.5 Å². The smallest absolute Gasteiger partial charge is 0.155 e. The van der Waals surface area contributed by atoms with Crippen molar-refractivity contribution in [2.24, 2.45) is 40.4 Å². The first-order valence-electron chi connectivity index (χ1n) is 14.8. The summed E-state index contributed by atoms with van der Waals surface area (Å²) in [7, 11) is 2.06. The molecule has 0 aromatic heterocycles. The number of ketones is 1. The van der Waals surface area contributed by atoms with Crippen LogP contribution in [0, 0.1) is 40.4 Å². The topological polar surface area (TPSA) is 49.8 Å². The Bertz CT molecular complexity index is 915. The second-order valence-electron chi connectivity index (χ2n) is 13.4. The van der Waals surface area contributed by atoms with Gasteiger partial charge in [0.1, 0.15) is 0 Å². The predicted octanol–water partition coefficient (Wildman–Crippen LogP) is 6.51. The Morgan fingerprint density at radius 1 is 1.03 bits per heavy atom. The lowest BCUT2D eigenvalue weighted by atomic mass is 9.42. The highest BCUT2D eigenvalue weighted by atomic mass is 16.5. The number of hydrogen-bond donors (Lipinski definition) is 1. The molecule has 0 unspecified atom stereocenters. The number of rotatable bonds is 8. The van der Waals surface area contributed by atoms with E-state index in [0.717, 1.165) is 62.8 Å². The second-order valence-corrected chi connectivity index (χ2v) is 13.4. The van der Waals surface area contributed by atoms with Gasteiger partial charge in [-0.2, -0.15) is 0 Å². The Labute approximate surface area is 219 Å². The third kappa shape index (κ3) is 4.55. The third-order valence-electron chi connectivity index (χ3n) is 11.5. The fourth-order valence-electron chi connectivity index (χ4n) is 9.79. The Hall–Kier alpha value is -1.39. The summed E-state index contributed by atoms with van der Waals surface area (Å²) in [5.74, 6) is 3.38. The minimum absolute atomic E-state index is 0.143. The number of ether oxygens (including phenoxy) is 1. The van der Waals surface area contributed by atoms with Crippen molar-refractivity contribution in [1.82, 2.24) is 0 Å². The van der Waals surface area contributed by atoms with E-state index in [0.29, 0.717) is 29.6 Å². The number of Topliss-reactive ketones (excluding diaryl/α,β-unsaturated/α-hetero) is 1. The van der Waals surface area contributed by atoms with Gasteiger partial charge in [-0.1, -0.05) is 25.1 Å². The molecule has 4 aliphatic carbocycles. The van der Waals surface area contributed by atoms with Gasteiger partial charge in [0.25, 0.3) is 0 Å². The van der Waals surface area contributed by atoms with Crippen LogP contribution in [0.4, 0.5) is 5.69 Å². The highest BCUT2D eigenvalue weighted by Crippen LogP contribution is 2.69. The molecule has 1 N–H and O–H groups in total. The van der Waals surface area contributed by atoms with E-state index < -0.39 is 5.60 Å². The molecule has 1 aromatic carbocycles. The molecule has 0 bridgehead atoms. The fraction of sp³-hybridized carbons (Fsp3) is 0.781. The van der Waals surface area contributed by atoms with E-state index in [1.54, 1.807) is 0 Å². The van der Waals surface area contributed by atoms with E-state index in [2.05, 4.69) is 44.9 Å². The van der Waals surface area contributed by atoms with Crippen LogP contribution in [0.15, 0.2) is 30.3 Å². The molecule has 200 valence electrons. The molecule has 0 radical (unpaired) electrons. The maximum atomic E-state index is 13.7. The van der Waals surface area contributed by atoms with Gasteiger partial charge >= 0.3 is 0 Å². The maximum absolute atomic E-state index is 13.7. The first-order chi connectivity index (χ1) is 17.2. The van der Waals surface area contributed by atoms with Crippen LogP contribution < -0.4 is 4.90 Å². The standard InChI is InChI=1S/C32H49NO3/c1-5-36-20-19-32-18-17-30(2,35)21-23(32)11-12-25-26-13-14-28(31(26,3)16-15-27(25)32)29(34)22-33(4)24-9-7-6-8-10-24/h6-10,23,25-28,35H,5,11-22H2,1-4H3/t23-,25-,26-,27-,28+,30+,31-,32+/m0/s1. The van der Waals surface area contributed by atoms with E-state index >= 15 is 0 Å². The molecule has 0 heterocycles. The summed E-state index contributed by atoms with van der Waals surface area (Å²) < 4.78 is 5.93. The number of nitrogens with zero attached hydrogens (tertiary/aromatic N) is 1. The molecule has 5 rings (SSSR count). The van der Waals surface area contributed by atoms with Crippen LogP contribution >= 0.6 is 0 Å². The van der Waals surface area contributed by atoms with E-state index in [4.69, 9.17) is 4.74 Å². The maximum Gasteiger partial charge on any atom is 0.155 e. The lowest BCUT2D eigenvalue weighted by Crippen LogP contribution is -2.57. The van der Waals surface area contributed by atoms with E-state index in [1.165, 1.54) is 32.1 Å². The molecule has 4 nitrogen and oxygen atoms in total. The zero-order chi connectivity index (χ0) is 25.6. The average Bonchev–Trinajstić information content (AvgIpc) is 3.22. The van der Waals surface area contributed by atoms with Gasteiger partial charge in [-0.15, -0.1) is 0 Å². The molecule has 4 aliphatic rings. The molecule has 4 heteroatoms. The number of para-hydroxylation sites is 1. The first-order valence-corrected chi connectivity index (χ1v) is 14.8. The van der Waals surface area contributed by atoms with Crippen LogP contribution in [0.1, 0.15) is 85.0 Å². The Morgan fingerprint density at radius 3 is 2.56 bits per heavy atom. The minimum Gasteiger partial charge on any atom is -0.390 e. The number of likely N-dealkylation sites (N-methyl/N-ethyl adjacent to an activating group) is 1. The van der Waals surface area contributed by atoms with Gasteiger partial charge in [0, 0.05) is 31.9 Å². The van der Waals surface area contributed by atoms with E-state index in [9.17, 15) is 9.90 Å². The summed E-state index contributed by atoms with van der Waals surface area (Å²) in [5.41, 5.74) is 1.07. The highest BCUT2D eigenvalue weighted by molar-refractivity contribution is 5.86. The molecule has 0 saturated heterocycles. The zero-order valence-electron chi connectivity index (χ0n) is 23.2. The van der Waals surface area contributed by atoms with Gasteiger partial charge < -0.3 is 14.7 Å². The Morgan fingerprint density at radius 2 is 1.81 bits per heavy atom. The van der Waals surface area contributed by atoms with Crippen molar-refractivity contribution in [1.29, 1.82) is 0 Å². The van der Waals surface area contributed by atoms with E-state index in [1.807, 2.05) is 18.2 Å². The number of anilines is 1. The van der Waals surface area contributed by atoms with Crippen molar-refractivity contribution < 1.29 is 14.6 Å². The second kappa shape index (κ2) is 10.1. The number of benzene rings is 1. The summed E-state index contributed by atoms with van der Waals surface area (Å²) in [4.78, 5) is 15.8. The normalized spacial score (nSPS) is 41.8. The zero-order valence-corrected chi connectivity index (χ0v) is 23.2. The molecule has 36 heavy (non-hydrogen) atoms. The summed E-state index contributed by atoms with van der Waals surface area (Å²) in [6.07, 6.45) is 11.4. The van der Waals surface area contributed by atoms with E-state index in [-0.39, 0.29) is 11.3 Å². The molecular formula is C32H49NO3. The average molecular weight is 496 g/mol. The lowest BCUT2D eigenvalue weighted by Gasteiger charge is -2.63. The first kappa shape index (κ1) is 26.2. The van der Waals surface area contributed by atoms with Crippen LogP contribution in [0.5, 0.6) is 0 Å². The SMILES string of the molecule is CCOCC[C@]12CC[C@@](C)(O)C[C@@H]1CC[C@H]1[C@@H]3CC[C@H](C(=O)CN(C)c4ccccc4)[C@@]3(C)CC[C@@H]12. The predicted molar refractivity (Wildman–Crippen MR) is 146 cm³/mol. The number of aliphatic hydroxyl groups is 1. The van der Waals surface area contributed by atoms with Crippen LogP contribution in [-0.2, 0) is 9.53 Å². The highest BCUT2D eigenvalue weighted by Gasteiger charge is 2.62. The quantitative estimate of drug-likeness (QED) is 0.418. The van der Waals surface area contributed by atoms with Crippen molar-refractivity contribution in [3.8, 4) is 0 Å². The molecule has 4 saturated carbocycles. The third-order valence-corrected chi connectivity index (χ3v) is 11.5. The van der Waals surface area contributed by atoms with Gasteiger partial charge in [0.05, 0.1) is 12.1 Å².